The SMILES string of the molecule is CC(C)(C#N)c1cc(-n2c3nc(Nc4ccc5c(c4)CCNC5(C)C)ncc3c(=O)n2CC(F)(F)F)ccc1F. The molecule has 1 aliphatic rings. The molecule has 0 fully saturated rings. The van der Waals surface area contributed by atoms with Crippen molar-refractivity contribution in [1.82, 2.24) is 24.6 Å². The van der Waals surface area contributed by atoms with Gasteiger partial charge in [-0.25, -0.2) is 18.7 Å². The second kappa shape index (κ2) is 9.45. The molecule has 3 heterocycles. The largest absolute Gasteiger partial charge is 0.408 e. The molecule has 40 heavy (non-hydrogen) atoms. The molecule has 0 radical (unpaired) electrons. The summed E-state index contributed by atoms with van der Waals surface area (Å²) in [5.74, 6) is -0.627. The number of halogens is 4. The maximum absolute atomic E-state index is 14.7. The lowest BCUT2D eigenvalue weighted by Gasteiger charge is -2.34. The average molecular weight is 554 g/mol. The average Bonchev–Trinajstić information content (AvgIpc) is 3.13. The van der Waals surface area contributed by atoms with Crippen molar-refractivity contribution in [3.05, 3.63) is 75.5 Å². The van der Waals surface area contributed by atoms with E-state index in [-0.39, 0.29) is 33.8 Å². The van der Waals surface area contributed by atoms with Crippen LogP contribution in [0.5, 0.6) is 0 Å². The van der Waals surface area contributed by atoms with E-state index in [2.05, 4.69) is 34.4 Å². The number of fused-ring (bicyclic) bond motifs is 2. The molecule has 208 valence electrons. The van der Waals surface area contributed by atoms with E-state index in [4.69, 9.17) is 0 Å². The van der Waals surface area contributed by atoms with Crippen LogP contribution in [-0.4, -0.2) is 32.1 Å². The number of nitrogens with zero attached hydrogens (tertiary/aromatic N) is 5. The topological polar surface area (TPSA) is 101 Å². The van der Waals surface area contributed by atoms with Crippen LogP contribution < -0.4 is 16.2 Å². The number of rotatable bonds is 5. The highest BCUT2D eigenvalue weighted by molar-refractivity contribution is 5.77. The van der Waals surface area contributed by atoms with Crippen LogP contribution >= 0.6 is 0 Å². The Balaban J connectivity index is 1.65. The van der Waals surface area contributed by atoms with Gasteiger partial charge in [-0.15, -0.1) is 0 Å². The molecule has 12 heteroatoms. The van der Waals surface area contributed by atoms with Gasteiger partial charge < -0.3 is 10.6 Å². The van der Waals surface area contributed by atoms with E-state index in [0.29, 0.717) is 10.4 Å². The quantitative estimate of drug-likeness (QED) is 0.329. The van der Waals surface area contributed by atoms with Crippen molar-refractivity contribution < 1.29 is 17.6 Å². The lowest BCUT2D eigenvalue weighted by molar-refractivity contribution is -0.144. The summed E-state index contributed by atoms with van der Waals surface area (Å²) in [6.45, 7) is 6.38. The molecule has 0 saturated carbocycles. The Morgan fingerprint density at radius 1 is 1.18 bits per heavy atom. The van der Waals surface area contributed by atoms with E-state index in [0.717, 1.165) is 34.8 Å². The number of anilines is 2. The first kappa shape index (κ1) is 27.3. The van der Waals surface area contributed by atoms with Crippen molar-refractivity contribution in [2.24, 2.45) is 0 Å². The van der Waals surface area contributed by atoms with Crippen LogP contribution in [0.25, 0.3) is 16.7 Å². The molecule has 2 N–H and O–H groups in total. The Morgan fingerprint density at radius 2 is 1.93 bits per heavy atom. The molecule has 0 saturated heterocycles. The maximum Gasteiger partial charge on any atom is 0.408 e. The lowest BCUT2D eigenvalue weighted by atomic mass is 9.85. The van der Waals surface area contributed by atoms with Gasteiger partial charge in [0, 0.05) is 23.0 Å². The number of benzene rings is 2. The van der Waals surface area contributed by atoms with E-state index < -0.39 is 29.5 Å². The van der Waals surface area contributed by atoms with Crippen molar-refractivity contribution in [3.8, 4) is 11.8 Å². The maximum atomic E-state index is 14.7. The number of nitrogens with one attached hydrogen (secondary N) is 2. The summed E-state index contributed by atoms with van der Waals surface area (Å²) in [7, 11) is 0. The first-order chi connectivity index (χ1) is 18.7. The molecule has 0 unspecified atom stereocenters. The fourth-order valence-corrected chi connectivity index (χ4v) is 5.07. The third kappa shape index (κ3) is 4.93. The van der Waals surface area contributed by atoms with Gasteiger partial charge in [0.25, 0.3) is 5.56 Å². The van der Waals surface area contributed by atoms with Gasteiger partial charge in [-0.3, -0.25) is 4.79 Å². The first-order valence-electron chi connectivity index (χ1n) is 12.6. The molecule has 0 aliphatic carbocycles. The minimum Gasteiger partial charge on any atom is -0.324 e. The third-order valence-electron chi connectivity index (χ3n) is 7.15. The predicted molar refractivity (Wildman–Crippen MR) is 142 cm³/mol. The van der Waals surface area contributed by atoms with Gasteiger partial charge in [-0.05, 0) is 82.1 Å². The normalized spacial score (nSPS) is 15.1. The minimum atomic E-state index is -4.73. The van der Waals surface area contributed by atoms with Crippen LogP contribution in [0, 0.1) is 17.1 Å². The van der Waals surface area contributed by atoms with Gasteiger partial charge in [-0.1, -0.05) is 6.07 Å². The summed E-state index contributed by atoms with van der Waals surface area (Å²) < 4.78 is 56.9. The van der Waals surface area contributed by atoms with Crippen molar-refractivity contribution >= 4 is 22.7 Å². The second-order valence-electron chi connectivity index (χ2n) is 10.9. The molecule has 5 rings (SSSR count). The fourth-order valence-electron chi connectivity index (χ4n) is 5.07. The molecule has 1 aliphatic heterocycles. The molecule has 0 bridgehead atoms. The molecular formula is C28H27F4N7O. The van der Waals surface area contributed by atoms with E-state index in [1.165, 1.54) is 32.2 Å². The van der Waals surface area contributed by atoms with Crippen LogP contribution in [0.1, 0.15) is 44.4 Å². The molecule has 0 atom stereocenters. The van der Waals surface area contributed by atoms with Crippen LogP contribution in [0.4, 0.5) is 29.2 Å². The lowest BCUT2D eigenvalue weighted by Crippen LogP contribution is -2.42. The van der Waals surface area contributed by atoms with Crippen LogP contribution in [0.3, 0.4) is 0 Å². The summed E-state index contributed by atoms with van der Waals surface area (Å²) in [6.07, 6.45) is -2.74. The Labute approximate surface area is 227 Å². The number of hydrogen-bond donors (Lipinski definition) is 2. The second-order valence-corrected chi connectivity index (χ2v) is 10.9. The van der Waals surface area contributed by atoms with Crippen molar-refractivity contribution in [1.29, 1.82) is 5.26 Å². The smallest absolute Gasteiger partial charge is 0.324 e. The van der Waals surface area contributed by atoms with E-state index in [1.54, 1.807) is 0 Å². The van der Waals surface area contributed by atoms with Gasteiger partial charge in [0.15, 0.2) is 5.65 Å². The van der Waals surface area contributed by atoms with Gasteiger partial charge in [0.1, 0.15) is 17.7 Å². The Morgan fingerprint density at radius 3 is 2.62 bits per heavy atom. The summed E-state index contributed by atoms with van der Waals surface area (Å²) >= 11 is 0. The Hall–Kier alpha value is -4.24. The number of hydrogen-bond acceptors (Lipinski definition) is 6. The number of alkyl halides is 3. The molecule has 2 aromatic carbocycles. The van der Waals surface area contributed by atoms with Gasteiger partial charge >= 0.3 is 6.18 Å². The van der Waals surface area contributed by atoms with Crippen LogP contribution in [0.15, 0.2) is 47.4 Å². The van der Waals surface area contributed by atoms with E-state index in [9.17, 15) is 27.6 Å². The summed E-state index contributed by atoms with van der Waals surface area (Å²) in [6, 6.07) is 11.4. The first-order valence-corrected chi connectivity index (χ1v) is 12.6. The van der Waals surface area contributed by atoms with Crippen molar-refractivity contribution in [2.45, 2.75) is 57.8 Å². The van der Waals surface area contributed by atoms with Gasteiger partial charge in [-0.2, -0.15) is 23.4 Å². The highest BCUT2D eigenvalue weighted by Crippen LogP contribution is 2.32. The van der Waals surface area contributed by atoms with E-state index >= 15 is 0 Å². The fraction of sp³-hybridized carbons (Fsp3) is 0.357. The summed E-state index contributed by atoms with van der Waals surface area (Å²) in [5.41, 5.74) is 0.481. The highest BCUT2D eigenvalue weighted by atomic mass is 19.4. The van der Waals surface area contributed by atoms with Crippen LogP contribution in [-0.2, 0) is 23.9 Å². The minimum absolute atomic E-state index is 0.0285. The summed E-state index contributed by atoms with van der Waals surface area (Å²) in [4.78, 5) is 21.7. The molecular weight excluding hydrogens is 526 g/mol. The molecule has 8 nitrogen and oxygen atoms in total. The monoisotopic (exact) mass is 553 g/mol. The van der Waals surface area contributed by atoms with Crippen molar-refractivity contribution in [2.75, 3.05) is 11.9 Å². The van der Waals surface area contributed by atoms with Crippen molar-refractivity contribution in [3.63, 3.8) is 0 Å². The highest BCUT2D eigenvalue weighted by Gasteiger charge is 2.33. The zero-order valence-electron chi connectivity index (χ0n) is 22.3. The zero-order chi connectivity index (χ0) is 29.0. The van der Waals surface area contributed by atoms with Gasteiger partial charge in [0.05, 0.1) is 17.2 Å². The Kier molecular flexibility index (Phi) is 6.45. The molecule has 4 aromatic rings. The van der Waals surface area contributed by atoms with E-state index in [1.807, 2.05) is 24.3 Å². The Bertz CT molecular complexity index is 1730. The number of aromatic nitrogens is 4. The molecule has 0 spiro atoms. The molecule has 0 amide bonds. The third-order valence-corrected chi connectivity index (χ3v) is 7.15. The number of nitriles is 1. The molecule has 2 aromatic heterocycles. The predicted octanol–water partition coefficient (Wildman–Crippen LogP) is 5.21. The van der Waals surface area contributed by atoms with Gasteiger partial charge in [0.2, 0.25) is 5.95 Å². The zero-order valence-corrected chi connectivity index (χ0v) is 22.3. The summed E-state index contributed by atoms with van der Waals surface area (Å²) in [5, 5.41) is 16.0. The standard InChI is InChI=1S/C28H27F4N7O/c1-26(2,14-33)21-12-18(6-8-22(21)29)39-23-19(24(40)38(39)15-28(30,31)32)13-34-25(37-23)36-17-5-7-20-16(11-17)9-10-35-27(20,3)4/h5-8,11-13,35H,9-10,15H2,1-4H3,(H,34,36,37). The van der Waals surface area contributed by atoms with Crippen LogP contribution in [0.2, 0.25) is 0 Å².